The fraction of sp³-hybridized carbons (Fsp3) is 1.00. The molecule has 2 atom stereocenters. The van der Waals surface area contributed by atoms with E-state index < -0.39 is 45.5 Å². The van der Waals surface area contributed by atoms with Crippen molar-refractivity contribution in [3.63, 3.8) is 0 Å². The fourth-order valence-corrected chi connectivity index (χ4v) is 20.1. The normalized spacial score (nSPS) is 19.0. The minimum absolute atomic E-state index is 1.17. The fourth-order valence-electron chi connectivity index (χ4n) is 2.35. The van der Waals surface area contributed by atoms with Crippen LogP contribution in [0, 0.1) is 0 Å². The molecule has 0 bridgehead atoms. The maximum Gasteiger partial charge on any atom is 0.393 e. The standard InChI is InChI=1S/C12H31F3O3Si4/c1-11(12(13,14)15)22(10,17-20(5,6)7)18-21(8,9)16-19(2,3)4/h11H,1-10H3. The first-order chi connectivity index (χ1) is 9.28. The predicted molar refractivity (Wildman–Crippen MR) is 94.5 cm³/mol. The Morgan fingerprint density at radius 1 is 0.682 bits per heavy atom. The number of hydrogen-bond acceptors (Lipinski definition) is 3. The van der Waals surface area contributed by atoms with Gasteiger partial charge in [-0.15, -0.1) is 0 Å². The van der Waals surface area contributed by atoms with Gasteiger partial charge in [-0.3, -0.25) is 0 Å². The lowest BCUT2D eigenvalue weighted by atomic mass is 10.5. The minimum atomic E-state index is -4.33. The van der Waals surface area contributed by atoms with Crippen molar-refractivity contribution in [1.82, 2.24) is 0 Å². The van der Waals surface area contributed by atoms with Gasteiger partial charge in [0, 0.05) is 0 Å². The Kier molecular flexibility index (Phi) is 6.97. The molecule has 0 saturated carbocycles. The molecule has 0 amide bonds. The highest BCUT2D eigenvalue weighted by Gasteiger charge is 2.57. The van der Waals surface area contributed by atoms with E-state index in [2.05, 4.69) is 0 Å². The van der Waals surface area contributed by atoms with Crippen molar-refractivity contribution >= 4 is 33.8 Å². The quantitative estimate of drug-likeness (QED) is 0.540. The summed E-state index contributed by atoms with van der Waals surface area (Å²) in [4.78, 5) is 0. The van der Waals surface area contributed by atoms with Crippen LogP contribution in [-0.2, 0) is 12.3 Å². The van der Waals surface area contributed by atoms with Gasteiger partial charge in [-0.05, 0) is 58.9 Å². The molecule has 0 spiro atoms. The van der Waals surface area contributed by atoms with Crippen LogP contribution >= 0.6 is 0 Å². The highest BCUT2D eigenvalue weighted by molar-refractivity contribution is 6.90. The lowest BCUT2D eigenvalue weighted by Crippen LogP contribution is -2.60. The van der Waals surface area contributed by atoms with Crippen molar-refractivity contribution in [3.8, 4) is 0 Å². The SMILES string of the molecule is CC(C(F)(F)F)[Si](C)(O[Si](C)(C)C)O[Si](C)(C)O[Si](C)(C)C. The van der Waals surface area contributed by atoms with Crippen molar-refractivity contribution < 1.29 is 25.5 Å². The third-order valence-electron chi connectivity index (χ3n) is 2.79. The lowest BCUT2D eigenvalue weighted by Gasteiger charge is -2.44. The molecule has 0 fully saturated rings. The highest BCUT2D eigenvalue weighted by atomic mass is 28.5. The van der Waals surface area contributed by atoms with Crippen LogP contribution in [0.3, 0.4) is 0 Å². The number of halogens is 3. The van der Waals surface area contributed by atoms with Gasteiger partial charge in [-0.2, -0.15) is 13.2 Å². The third-order valence-corrected chi connectivity index (χ3v) is 16.8. The molecule has 2 unspecified atom stereocenters. The first-order valence-corrected chi connectivity index (χ1v) is 19.5. The second kappa shape index (κ2) is 6.80. The van der Waals surface area contributed by atoms with Crippen LogP contribution in [0.5, 0.6) is 0 Å². The van der Waals surface area contributed by atoms with E-state index in [0.29, 0.717) is 0 Å². The summed E-state index contributed by atoms with van der Waals surface area (Å²) in [5, 5.41) is 0. The zero-order chi connectivity index (χ0) is 18.2. The zero-order valence-electron chi connectivity index (χ0n) is 15.4. The first-order valence-electron chi connectivity index (χ1n) is 7.45. The Balaban J connectivity index is 5.52. The van der Waals surface area contributed by atoms with E-state index in [1.165, 1.54) is 13.5 Å². The summed E-state index contributed by atoms with van der Waals surface area (Å²) < 4.78 is 58.0. The van der Waals surface area contributed by atoms with Crippen LogP contribution in [0.15, 0.2) is 0 Å². The molecule has 0 heterocycles. The maximum atomic E-state index is 13.3. The smallest absolute Gasteiger partial charge is 0.393 e. The van der Waals surface area contributed by atoms with Crippen LogP contribution in [0.25, 0.3) is 0 Å². The zero-order valence-corrected chi connectivity index (χ0v) is 19.4. The Morgan fingerprint density at radius 2 is 1.05 bits per heavy atom. The topological polar surface area (TPSA) is 27.7 Å². The van der Waals surface area contributed by atoms with Crippen LogP contribution in [-0.4, -0.2) is 39.9 Å². The molecule has 0 rings (SSSR count). The Bertz CT molecular complexity index is 377. The van der Waals surface area contributed by atoms with Crippen molar-refractivity contribution in [2.45, 2.75) is 77.6 Å². The van der Waals surface area contributed by atoms with Gasteiger partial charge in [0.25, 0.3) is 0 Å². The van der Waals surface area contributed by atoms with Crippen LogP contribution in [0.1, 0.15) is 6.92 Å². The summed E-state index contributed by atoms with van der Waals surface area (Å²) in [6.45, 7) is 18.0. The summed E-state index contributed by atoms with van der Waals surface area (Å²) in [5.41, 5.74) is -1.59. The molecular formula is C12H31F3O3Si4. The van der Waals surface area contributed by atoms with Gasteiger partial charge in [0.15, 0.2) is 16.6 Å². The van der Waals surface area contributed by atoms with Gasteiger partial charge in [0.05, 0.1) is 5.54 Å². The van der Waals surface area contributed by atoms with Gasteiger partial charge < -0.3 is 12.3 Å². The largest absolute Gasteiger partial charge is 0.437 e. The van der Waals surface area contributed by atoms with Crippen LogP contribution in [0.4, 0.5) is 13.2 Å². The lowest BCUT2D eigenvalue weighted by molar-refractivity contribution is -0.136. The summed E-state index contributed by atoms with van der Waals surface area (Å²) in [7, 11) is -10.2. The van der Waals surface area contributed by atoms with Gasteiger partial charge in [-0.25, -0.2) is 0 Å². The van der Waals surface area contributed by atoms with Crippen LogP contribution < -0.4 is 0 Å². The molecule has 0 radical (unpaired) electrons. The number of hydrogen-bond donors (Lipinski definition) is 0. The molecule has 3 nitrogen and oxygen atoms in total. The van der Waals surface area contributed by atoms with Gasteiger partial charge in [0.1, 0.15) is 0 Å². The second-order valence-corrected chi connectivity index (χ2v) is 24.8. The van der Waals surface area contributed by atoms with Crippen molar-refractivity contribution in [2.24, 2.45) is 0 Å². The molecule has 0 aromatic carbocycles. The Hall–Kier alpha value is 0.538. The summed E-state index contributed by atoms with van der Waals surface area (Å²) in [6, 6.07) is 0. The molecule has 134 valence electrons. The molecule has 10 heteroatoms. The van der Waals surface area contributed by atoms with Crippen molar-refractivity contribution in [2.75, 3.05) is 0 Å². The van der Waals surface area contributed by atoms with Crippen molar-refractivity contribution in [1.29, 1.82) is 0 Å². The average molecular weight is 393 g/mol. The average Bonchev–Trinajstić information content (AvgIpc) is 2.05. The molecule has 0 N–H and O–H groups in total. The highest BCUT2D eigenvalue weighted by Crippen LogP contribution is 2.42. The maximum absolute atomic E-state index is 13.3. The van der Waals surface area contributed by atoms with E-state index in [-0.39, 0.29) is 0 Å². The molecule has 0 aliphatic rings. The molecule has 0 aliphatic carbocycles. The Labute approximate surface area is 137 Å². The van der Waals surface area contributed by atoms with E-state index in [9.17, 15) is 13.2 Å². The second-order valence-electron chi connectivity index (χ2n) is 8.21. The monoisotopic (exact) mass is 392 g/mol. The molecule has 0 saturated heterocycles. The van der Waals surface area contributed by atoms with E-state index in [1.54, 1.807) is 0 Å². The molecule has 0 aromatic rings. The van der Waals surface area contributed by atoms with Gasteiger partial charge >= 0.3 is 23.3 Å². The number of rotatable bonds is 7. The molecule has 0 aliphatic heterocycles. The van der Waals surface area contributed by atoms with Gasteiger partial charge in [-0.1, -0.05) is 6.92 Å². The predicted octanol–water partition coefficient (Wildman–Crippen LogP) is 5.43. The van der Waals surface area contributed by atoms with E-state index >= 15 is 0 Å². The third kappa shape index (κ3) is 8.41. The van der Waals surface area contributed by atoms with Gasteiger partial charge in [0.2, 0.25) is 0 Å². The van der Waals surface area contributed by atoms with E-state index in [1.807, 2.05) is 52.4 Å². The summed E-state index contributed by atoms with van der Waals surface area (Å²) >= 11 is 0. The van der Waals surface area contributed by atoms with Crippen LogP contribution in [0.2, 0.25) is 64.5 Å². The molecule has 0 aromatic heterocycles. The first kappa shape index (κ1) is 22.5. The minimum Gasteiger partial charge on any atom is -0.437 e. The molecule has 22 heavy (non-hydrogen) atoms. The Morgan fingerprint density at radius 3 is 1.32 bits per heavy atom. The summed E-state index contributed by atoms with van der Waals surface area (Å²) in [5.74, 6) is 0. The summed E-state index contributed by atoms with van der Waals surface area (Å²) in [6.07, 6.45) is -4.33. The van der Waals surface area contributed by atoms with E-state index in [4.69, 9.17) is 12.3 Å². The van der Waals surface area contributed by atoms with Crippen molar-refractivity contribution in [3.05, 3.63) is 0 Å². The number of alkyl halides is 3. The molecular weight excluding hydrogens is 361 g/mol. The van der Waals surface area contributed by atoms with E-state index in [0.717, 1.165) is 0 Å².